The Morgan fingerprint density at radius 2 is 0.894 bits per heavy atom. The molecule has 3 heteroatoms. The molecule has 0 saturated carbocycles. The van der Waals surface area contributed by atoms with E-state index in [9.17, 15) is 0 Å². The number of hydrogen-bond acceptors (Lipinski definition) is 3. The maximum Gasteiger partial charge on any atom is 0.178 e. The Morgan fingerprint density at radius 1 is 0.409 bits per heavy atom. The molecule has 0 radical (unpaired) electrons. The van der Waals surface area contributed by atoms with E-state index in [0.717, 1.165) is 60.5 Å². The Kier molecular flexibility index (Phi) is 9.96. The lowest BCUT2D eigenvalue weighted by Gasteiger charge is -2.36. The van der Waals surface area contributed by atoms with Crippen LogP contribution < -0.4 is 4.74 Å². The summed E-state index contributed by atoms with van der Waals surface area (Å²) in [6, 6.07) is 73.2. The minimum absolute atomic E-state index is 0.205. The van der Waals surface area contributed by atoms with Crippen LogP contribution in [0.1, 0.15) is 59.8 Å². The first-order chi connectivity index (χ1) is 32.6. The van der Waals surface area contributed by atoms with Gasteiger partial charge in [-0.05, 0) is 117 Å². The SMILES string of the molecule is C(#Cc1ccc(-c2ccc(C#Cc3ccc4c5c(ccc4c3)OC(c3ccccc3)(c3ccccc3)C=C5)s2)s1)c1ccc2c3c(ccc2c1)CC(c1ccccc1)(c1ccccc1)C=C3. The van der Waals surface area contributed by atoms with Crippen molar-refractivity contribution in [1.29, 1.82) is 0 Å². The number of thiophene rings is 2. The molecule has 1 nitrogen and oxygen atoms in total. The van der Waals surface area contributed by atoms with E-state index in [-0.39, 0.29) is 5.41 Å². The highest BCUT2D eigenvalue weighted by molar-refractivity contribution is 7.22. The van der Waals surface area contributed by atoms with Gasteiger partial charge in [0.2, 0.25) is 0 Å². The zero-order valence-corrected chi connectivity index (χ0v) is 37.5. The summed E-state index contributed by atoms with van der Waals surface area (Å²) in [6.07, 6.45) is 10.1. The summed E-state index contributed by atoms with van der Waals surface area (Å²) in [5.74, 6) is 14.6. The zero-order valence-electron chi connectivity index (χ0n) is 35.9. The van der Waals surface area contributed by atoms with E-state index >= 15 is 0 Å². The fraction of sp³-hybridized carbons (Fsp3) is 0.0476. The Morgan fingerprint density at radius 3 is 1.44 bits per heavy atom. The van der Waals surface area contributed by atoms with Crippen molar-refractivity contribution in [3.8, 4) is 39.2 Å². The van der Waals surface area contributed by atoms with Crippen molar-refractivity contribution in [3.05, 3.63) is 278 Å². The molecule has 2 aromatic heterocycles. The van der Waals surface area contributed by atoms with E-state index in [1.165, 1.54) is 42.8 Å². The number of ether oxygens (including phenoxy) is 1. The molecule has 0 saturated heterocycles. The number of fused-ring (bicyclic) bond motifs is 6. The van der Waals surface area contributed by atoms with Crippen molar-refractivity contribution in [2.75, 3.05) is 0 Å². The normalized spacial score (nSPS) is 14.0. The number of rotatable bonds is 5. The van der Waals surface area contributed by atoms with Crippen LogP contribution in [0.25, 0.3) is 43.5 Å². The highest BCUT2D eigenvalue weighted by Gasteiger charge is 2.37. The van der Waals surface area contributed by atoms with Crippen LogP contribution in [-0.4, -0.2) is 0 Å². The Labute approximate surface area is 393 Å². The third-order valence-electron chi connectivity index (χ3n) is 13.0. The summed E-state index contributed by atoms with van der Waals surface area (Å²) >= 11 is 3.44. The molecule has 0 fully saturated rings. The van der Waals surface area contributed by atoms with Crippen LogP contribution in [0.4, 0.5) is 0 Å². The molecule has 0 N–H and O–H groups in total. The molecule has 3 heterocycles. The molecule has 12 rings (SSSR count). The largest absolute Gasteiger partial charge is 0.473 e. The van der Waals surface area contributed by atoms with Crippen LogP contribution in [0.2, 0.25) is 0 Å². The van der Waals surface area contributed by atoms with Crippen molar-refractivity contribution in [3.63, 3.8) is 0 Å². The highest BCUT2D eigenvalue weighted by Crippen LogP contribution is 2.45. The monoisotopic (exact) mass is 876 g/mol. The van der Waals surface area contributed by atoms with Crippen LogP contribution in [0, 0.1) is 23.7 Å². The van der Waals surface area contributed by atoms with Gasteiger partial charge in [-0.3, -0.25) is 0 Å². The summed E-state index contributed by atoms with van der Waals surface area (Å²) in [5, 5.41) is 4.75. The van der Waals surface area contributed by atoms with E-state index in [1.54, 1.807) is 22.7 Å². The predicted octanol–water partition coefficient (Wildman–Crippen LogP) is 15.5. The predicted molar refractivity (Wildman–Crippen MR) is 277 cm³/mol. The maximum absolute atomic E-state index is 6.94. The van der Waals surface area contributed by atoms with Gasteiger partial charge in [-0.1, -0.05) is 187 Å². The number of benzene rings is 8. The van der Waals surface area contributed by atoms with Gasteiger partial charge in [0.15, 0.2) is 5.60 Å². The molecule has 0 unspecified atom stereocenters. The number of allylic oxidation sites excluding steroid dienone is 1. The molecule has 2 aliphatic rings. The van der Waals surface area contributed by atoms with E-state index in [2.05, 4.69) is 242 Å². The molecule has 1 aliphatic heterocycles. The molecule has 0 bridgehead atoms. The topological polar surface area (TPSA) is 9.23 Å². The van der Waals surface area contributed by atoms with Gasteiger partial charge in [-0.2, -0.15) is 0 Å². The van der Waals surface area contributed by atoms with Gasteiger partial charge in [-0.15, -0.1) is 22.7 Å². The minimum atomic E-state index is -0.702. The van der Waals surface area contributed by atoms with Gasteiger partial charge in [-0.25, -0.2) is 0 Å². The molecule has 66 heavy (non-hydrogen) atoms. The third-order valence-corrected chi connectivity index (χ3v) is 15.2. The summed E-state index contributed by atoms with van der Waals surface area (Å²) in [6.45, 7) is 0. The molecular formula is C63H40OS2. The van der Waals surface area contributed by atoms with Crippen LogP contribution in [0.3, 0.4) is 0 Å². The molecule has 8 aromatic carbocycles. The number of hydrogen-bond donors (Lipinski definition) is 0. The van der Waals surface area contributed by atoms with Crippen LogP contribution in [0.5, 0.6) is 5.75 Å². The second-order valence-corrected chi connectivity index (χ2v) is 19.1. The molecular weight excluding hydrogens is 837 g/mol. The van der Waals surface area contributed by atoms with Crippen molar-refractivity contribution < 1.29 is 4.74 Å². The highest BCUT2D eigenvalue weighted by atomic mass is 32.1. The molecule has 0 spiro atoms. The van der Waals surface area contributed by atoms with E-state index < -0.39 is 5.60 Å². The smallest absolute Gasteiger partial charge is 0.178 e. The van der Waals surface area contributed by atoms with Crippen LogP contribution in [0.15, 0.2) is 218 Å². The molecule has 0 atom stereocenters. The second kappa shape index (κ2) is 16.6. The van der Waals surface area contributed by atoms with Gasteiger partial charge < -0.3 is 4.74 Å². The molecule has 10 aromatic rings. The molecule has 0 amide bonds. The lowest BCUT2D eigenvalue weighted by atomic mass is 9.67. The van der Waals surface area contributed by atoms with Crippen molar-refractivity contribution in [2.24, 2.45) is 0 Å². The lowest BCUT2D eigenvalue weighted by Crippen LogP contribution is -2.34. The summed E-state index contributed by atoms with van der Waals surface area (Å²) < 4.78 is 6.94. The maximum atomic E-state index is 6.94. The van der Waals surface area contributed by atoms with Crippen molar-refractivity contribution in [1.82, 2.24) is 0 Å². The van der Waals surface area contributed by atoms with Gasteiger partial charge in [0, 0.05) is 43.0 Å². The van der Waals surface area contributed by atoms with Gasteiger partial charge in [0.25, 0.3) is 0 Å². The van der Waals surface area contributed by atoms with Gasteiger partial charge in [0.1, 0.15) is 5.75 Å². The Hall–Kier alpha value is -7.92. The van der Waals surface area contributed by atoms with E-state index in [4.69, 9.17) is 4.74 Å². The molecule has 1 aliphatic carbocycles. The first-order valence-electron chi connectivity index (χ1n) is 22.3. The van der Waals surface area contributed by atoms with E-state index in [1.807, 2.05) is 12.1 Å². The Bertz CT molecular complexity index is 3320. The molecule has 310 valence electrons. The van der Waals surface area contributed by atoms with Gasteiger partial charge in [0.05, 0.1) is 9.75 Å². The first kappa shape index (κ1) is 39.7. The fourth-order valence-electron chi connectivity index (χ4n) is 9.72. The van der Waals surface area contributed by atoms with Crippen molar-refractivity contribution in [2.45, 2.75) is 17.4 Å². The summed E-state index contributed by atoms with van der Waals surface area (Å²) in [5.41, 5.74) is 9.65. The first-order valence-corrected chi connectivity index (χ1v) is 23.9. The van der Waals surface area contributed by atoms with Crippen molar-refractivity contribution >= 4 is 56.4 Å². The Balaban J connectivity index is 0.750. The van der Waals surface area contributed by atoms with Gasteiger partial charge >= 0.3 is 0 Å². The standard InChI is InChI=1S/C63H40OS2/c1-5-13-49(14-6-1)62(50-15-7-2-8-16-50)39-37-57-48(43-62)26-25-46-41-44(23-32-55(46)57)21-28-53-30-35-60(65-53)61-36-31-54(66-61)29-22-45-24-33-56-47(42-45)27-34-59-58(56)38-40-63(64-59,51-17-9-3-10-18-51)52-19-11-4-12-20-52/h1-20,23-27,30-42H,43H2. The summed E-state index contributed by atoms with van der Waals surface area (Å²) in [4.78, 5) is 4.47. The zero-order chi connectivity index (χ0) is 43.9. The quantitative estimate of drug-likeness (QED) is 0.157. The second-order valence-electron chi connectivity index (χ2n) is 16.9. The fourth-order valence-corrected chi connectivity index (χ4v) is 11.5. The van der Waals surface area contributed by atoms with Crippen LogP contribution in [-0.2, 0) is 17.4 Å². The minimum Gasteiger partial charge on any atom is -0.473 e. The van der Waals surface area contributed by atoms with E-state index in [0.29, 0.717) is 0 Å². The average molecular weight is 877 g/mol. The third kappa shape index (κ3) is 7.17. The average Bonchev–Trinajstić information content (AvgIpc) is 4.08. The lowest BCUT2D eigenvalue weighted by molar-refractivity contribution is 0.161. The van der Waals surface area contributed by atoms with Crippen LogP contribution >= 0.6 is 22.7 Å². The summed E-state index contributed by atoms with van der Waals surface area (Å²) in [7, 11) is 0.